The number of imide groups is 1. The van der Waals surface area contributed by atoms with E-state index in [-0.39, 0.29) is 17.9 Å². The van der Waals surface area contributed by atoms with E-state index in [9.17, 15) is 9.59 Å². The lowest BCUT2D eigenvalue weighted by Crippen LogP contribution is -2.50. The van der Waals surface area contributed by atoms with Crippen LogP contribution in [0.2, 0.25) is 0 Å². The van der Waals surface area contributed by atoms with Crippen molar-refractivity contribution in [3.63, 3.8) is 0 Å². The minimum absolute atomic E-state index is 0.177. The van der Waals surface area contributed by atoms with Crippen LogP contribution in [-0.4, -0.2) is 17.9 Å². The van der Waals surface area contributed by atoms with Gasteiger partial charge in [-0.1, -0.05) is 24.3 Å². The fourth-order valence-electron chi connectivity index (χ4n) is 1.93. The van der Waals surface area contributed by atoms with Gasteiger partial charge in [-0.3, -0.25) is 14.9 Å². The third-order valence-electron chi connectivity index (χ3n) is 3.04. The third-order valence-corrected chi connectivity index (χ3v) is 3.04. The topological polar surface area (TPSA) is 58.2 Å². The molecular weight excluding hydrogens is 216 g/mol. The Morgan fingerprint density at radius 1 is 1.35 bits per heavy atom. The first-order valence-electron chi connectivity index (χ1n) is 5.78. The first kappa shape index (κ1) is 11.8. The highest BCUT2D eigenvalue weighted by Gasteiger charge is 2.25. The predicted octanol–water partition coefficient (Wildman–Crippen LogP) is 0.890. The zero-order valence-electron chi connectivity index (χ0n) is 9.82. The van der Waals surface area contributed by atoms with E-state index in [4.69, 9.17) is 0 Å². The maximum absolute atomic E-state index is 11.5. The lowest BCUT2D eigenvalue weighted by Gasteiger charge is -2.22. The van der Waals surface area contributed by atoms with E-state index in [0.29, 0.717) is 19.4 Å². The molecule has 1 aliphatic rings. The number of hydrogen-bond acceptors (Lipinski definition) is 3. The molecule has 1 unspecified atom stereocenters. The minimum atomic E-state index is -0.257. The summed E-state index contributed by atoms with van der Waals surface area (Å²) in [5.74, 6) is -0.390. The van der Waals surface area contributed by atoms with Crippen LogP contribution >= 0.6 is 0 Å². The molecule has 1 aromatic carbocycles. The van der Waals surface area contributed by atoms with Crippen molar-refractivity contribution in [1.82, 2.24) is 10.6 Å². The fourth-order valence-corrected chi connectivity index (χ4v) is 1.93. The zero-order chi connectivity index (χ0) is 12.3. The number of rotatable bonds is 3. The molecule has 0 spiro atoms. The van der Waals surface area contributed by atoms with Gasteiger partial charge in [0, 0.05) is 13.0 Å². The van der Waals surface area contributed by atoms with Crippen LogP contribution in [0.1, 0.15) is 24.0 Å². The summed E-state index contributed by atoms with van der Waals surface area (Å²) in [5.41, 5.74) is 2.38. The average molecular weight is 232 g/mol. The molecule has 1 atom stereocenters. The second-order valence-corrected chi connectivity index (χ2v) is 4.31. The highest BCUT2D eigenvalue weighted by Crippen LogP contribution is 2.09. The Morgan fingerprint density at radius 3 is 2.82 bits per heavy atom. The Morgan fingerprint density at radius 2 is 2.12 bits per heavy atom. The van der Waals surface area contributed by atoms with Crippen molar-refractivity contribution in [2.75, 3.05) is 0 Å². The van der Waals surface area contributed by atoms with E-state index in [2.05, 4.69) is 10.6 Å². The minimum Gasteiger partial charge on any atom is -0.302 e. The molecule has 4 heteroatoms. The Bertz CT molecular complexity index is 443. The number of carbonyl (C=O) groups is 2. The van der Waals surface area contributed by atoms with Gasteiger partial charge in [-0.2, -0.15) is 0 Å². The Kier molecular flexibility index (Phi) is 3.54. The van der Waals surface area contributed by atoms with E-state index in [1.165, 1.54) is 11.1 Å². The molecule has 0 bridgehead atoms. The number of carbonyl (C=O) groups excluding carboxylic acids is 2. The van der Waals surface area contributed by atoms with Gasteiger partial charge in [0.2, 0.25) is 11.8 Å². The fraction of sp³-hybridized carbons (Fsp3) is 0.385. The van der Waals surface area contributed by atoms with Gasteiger partial charge in [0.15, 0.2) is 0 Å². The summed E-state index contributed by atoms with van der Waals surface area (Å²) >= 11 is 0. The van der Waals surface area contributed by atoms with Gasteiger partial charge in [-0.15, -0.1) is 0 Å². The number of piperidine rings is 1. The molecule has 0 saturated carbocycles. The van der Waals surface area contributed by atoms with Crippen molar-refractivity contribution in [1.29, 1.82) is 0 Å². The third kappa shape index (κ3) is 2.91. The Hall–Kier alpha value is -1.68. The van der Waals surface area contributed by atoms with Crippen molar-refractivity contribution in [3.8, 4) is 0 Å². The summed E-state index contributed by atoms with van der Waals surface area (Å²) in [6.45, 7) is 2.69. The van der Waals surface area contributed by atoms with Crippen molar-refractivity contribution in [2.24, 2.45) is 0 Å². The SMILES string of the molecule is Cc1ccccc1CNC1CCC(=O)NC1=O. The highest BCUT2D eigenvalue weighted by atomic mass is 16.2. The number of nitrogens with one attached hydrogen (secondary N) is 2. The van der Waals surface area contributed by atoms with Gasteiger partial charge in [0.1, 0.15) is 0 Å². The van der Waals surface area contributed by atoms with Gasteiger partial charge in [0.25, 0.3) is 0 Å². The van der Waals surface area contributed by atoms with E-state index in [1.54, 1.807) is 0 Å². The second kappa shape index (κ2) is 5.10. The summed E-state index contributed by atoms with van der Waals surface area (Å²) in [5, 5.41) is 5.52. The van der Waals surface area contributed by atoms with Crippen LogP contribution in [0.5, 0.6) is 0 Å². The molecule has 1 aliphatic heterocycles. The number of amides is 2. The highest BCUT2D eigenvalue weighted by molar-refractivity contribution is 6.00. The molecule has 17 heavy (non-hydrogen) atoms. The molecule has 2 N–H and O–H groups in total. The monoisotopic (exact) mass is 232 g/mol. The van der Waals surface area contributed by atoms with Gasteiger partial charge >= 0.3 is 0 Å². The normalized spacial score (nSPS) is 20.2. The number of aryl methyl sites for hydroxylation is 1. The van der Waals surface area contributed by atoms with E-state index >= 15 is 0 Å². The lowest BCUT2D eigenvalue weighted by molar-refractivity contribution is -0.134. The van der Waals surface area contributed by atoms with E-state index in [1.807, 2.05) is 31.2 Å². The summed E-state index contributed by atoms with van der Waals surface area (Å²) < 4.78 is 0. The molecule has 90 valence electrons. The van der Waals surface area contributed by atoms with Crippen LogP contribution in [-0.2, 0) is 16.1 Å². The maximum atomic E-state index is 11.5. The molecule has 1 heterocycles. The first-order valence-corrected chi connectivity index (χ1v) is 5.78. The summed E-state index contributed by atoms with van der Waals surface area (Å²) in [4.78, 5) is 22.5. The molecule has 4 nitrogen and oxygen atoms in total. The summed E-state index contributed by atoms with van der Waals surface area (Å²) in [6, 6.07) is 7.79. The van der Waals surface area contributed by atoms with Crippen LogP contribution in [0.4, 0.5) is 0 Å². The molecule has 0 aromatic heterocycles. The molecule has 0 radical (unpaired) electrons. The average Bonchev–Trinajstić information content (AvgIpc) is 2.30. The largest absolute Gasteiger partial charge is 0.302 e. The van der Waals surface area contributed by atoms with Crippen LogP contribution in [0.15, 0.2) is 24.3 Å². The van der Waals surface area contributed by atoms with Crippen molar-refractivity contribution >= 4 is 11.8 Å². The summed E-state index contributed by atoms with van der Waals surface area (Å²) in [7, 11) is 0. The van der Waals surface area contributed by atoms with Crippen LogP contribution in [0, 0.1) is 6.92 Å². The van der Waals surface area contributed by atoms with Crippen LogP contribution < -0.4 is 10.6 Å². The maximum Gasteiger partial charge on any atom is 0.243 e. The lowest BCUT2D eigenvalue weighted by atomic mass is 10.0. The predicted molar refractivity (Wildman–Crippen MR) is 64.2 cm³/mol. The van der Waals surface area contributed by atoms with Crippen LogP contribution in [0.25, 0.3) is 0 Å². The van der Waals surface area contributed by atoms with Gasteiger partial charge < -0.3 is 5.32 Å². The molecule has 0 aliphatic carbocycles. The standard InChI is InChI=1S/C13H16N2O2/c1-9-4-2-3-5-10(9)8-14-11-6-7-12(16)15-13(11)17/h2-5,11,14H,6-8H2,1H3,(H,15,16,17). The summed E-state index contributed by atoms with van der Waals surface area (Å²) in [6.07, 6.45) is 0.994. The number of hydrogen-bond donors (Lipinski definition) is 2. The second-order valence-electron chi connectivity index (χ2n) is 4.31. The van der Waals surface area contributed by atoms with Gasteiger partial charge in [-0.25, -0.2) is 0 Å². The van der Waals surface area contributed by atoms with Crippen molar-refractivity contribution in [3.05, 3.63) is 35.4 Å². The van der Waals surface area contributed by atoms with Crippen molar-refractivity contribution < 1.29 is 9.59 Å². The Labute approximate surface area is 100 Å². The first-order chi connectivity index (χ1) is 8.16. The smallest absolute Gasteiger partial charge is 0.243 e. The number of benzene rings is 1. The molecular formula is C13H16N2O2. The van der Waals surface area contributed by atoms with Crippen molar-refractivity contribution in [2.45, 2.75) is 32.4 Å². The molecule has 2 rings (SSSR count). The molecule has 1 aromatic rings. The Balaban J connectivity index is 1.92. The van der Waals surface area contributed by atoms with E-state index < -0.39 is 0 Å². The van der Waals surface area contributed by atoms with E-state index in [0.717, 1.165) is 0 Å². The quantitative estimate of drug-likeness (QED) is 0.761. The van der Waals surface area contributed by atoms with Gasteiger partial charge in [0.05, 0.1) is 6.04 Å². The van der Waals surface area contributed by atoms with Crippen LogP contribution in [0.3, 0.4) is 0 Å². The molecule has 1 saturated heterocycles. The zero-order valence-corrected chi connectivity index (χ0v) is 9.82. The molecule has 1 fully saturated rings. The molecule has 2 amide bonds. The van der Waals surface area contributed by atoms with Gasteiger partial charge in [-0.05, 0) is 24.5 Å².